The lowest BCUT2D eigenvalue weighted by atomic mass is 9.97. The fourth-order valence-electron chi connectivity index (χ4n) is 3.91. The summed E-state index contributed by atoms with van der Waals surface area (Å²) in [5.41, 5.74) is 2.26. The van der Waals surface area contributed by atoms with Crippen molar-refractivity contribution in [3.05, 3.63) is 64.4 Å². The second-order valence-electron chi connectivity index (χ2n) is 8.22. The highest BCUT2D eigenvalue weighted by Crippen LogP contribution is 2.21. The van der Waals surface area contributed by atoms with Gasteiger partial charge in [0.15, 0.2) is 5.82 Å². The van der Waals surface area contributed by atoms with Gasteiger partial charge in [0, 0.05) is 19.6 Å². The standard InChI is InChI=1S/C24H28N4O3/c1-16(2)31-19-11-9-17(10-12-19)14-25-23(29)18-6-5-13-28(15-18)22-24(30)27-21-8-4-3-7-20(21)26-22/h3-4,7-12,16,18H,5-6,13-15H2,1-2H3,(H,25,29)(H,27,30)/t18-/m0/s1. The summed E-state index contributed by atoms with van der Waals surface area (Å²) in [5, 5.41) is 3.03. The molecule has 162 valence electrons. The van der Waals surface area contributed by atoms with Crippen molar-refractivity contribution in [1.82, 2.24) is 15.3 Å². The van der Waals surface area contributed by atoms with Crippen molar-refractivity contribution in [3.8, 4) is 5.75 Å². The zero-order valence-corrected chi connectivity index (χ0v) is 17.9. The van der Waals surface area contributed by atoms with Crippen LogP contribution in [-0.2, 0) is 11.3 Å². The van der Waals surface area contributed by atoms with Gasteiger partial charge in [-0.05, 0) is 56.5 Å². The third kappa shape index (κ3) is 5.05. The van der Waals surface area contributed by atoms with Crippen LogP contribution in [0.25, 0.3) is 11.0 Å². The Labute approximate surface area is 181 Å². The molecule has 4 rings (SSSR count). The molecule has 0 bridgehead atoms. The second-order valence-corrected chi connectivity index (χ2v) is 8.22. The van der Waals surface area contributed by atoms with Gasteiger partial charge in [0.1, 0.15) is 5.75 Å². The molecular formula is C24H28N4O3. The van der Waals surface area contributed by atoms with Crippen molar-refractivity contribution in [2.24, 2.45) is 5.92 Å². The van der Waals surface area contributed by atoms with Gasteiger partial charge in [-0.15, -0.1) is 0 Å². The van der Waals surface area contributed by atoms with Crippen LogP contribution in [0.15, 0.2) is 53.3 Å². The van der Waals surface area contributed by atoms with Gasteiger partial charge in [0.05, 0.1) is 23.1 Å². The average Bonchev–Trinajstić information content (AvgIpc) is 2.77. The number of benzene rings is 2. The molecule has 7 heteroatoms. The number of anilines is 1. The van der Waals surface area contributed by atoms with Crippen LogP contribution in [0.1, 0.15) is 32.3 Å². The molecule has 1 amide bonds. The van der Waals surface area contributed by atoms with Gasteiger partial charge in [-0.25, -0.2) is 4.98 Å². The van der Waals surface area contributed by atoms with Crippen LogP contribution < -0.4 is 20.5 Å². The molecule has 0 spiro atoms. The average molecular weight is 421 g/mol. The molecule has 1 aliphatic heterocycles. The van der Waals surface area contributed by atoms with Gasteiger partial charge in [-0.3, -0.25) is 9.59 Å². The minimum absolute atomic E-state index is 0.00410. The quantitative estimate of drug-likeness (QED) is 0.639. The smallest absolute Gasteiger partial charge is 0.291 e. The Kier molecular flexibility index (Phi) is 6.21. The number of nitrogens with one attached hydrogen (secondary N) is 2. The van der Waals surface area contributed by atoms with Crippen LogP contribution in [0, 0.1) is 5.92 Å². The summed E-state index contributed by atoms with van der Waals surface area (Å²) in [6.45, 7) is 5.65. The van der Waals surface area contributed by atoms with E-state index in [0.29, 0.717) is 24.4 Å². The fourth-order valence-corrected chi connectivity index (χ4v) is 3.91. The lowest BCUT2D eigenvalue weighted by Gasteiger charge is -2.32. The van der Waals surface area contributed by atoms with Gasteiger partial charge in [0.25, 0.3) is 5.56 Å². The van der Waals surface area contributed by atoms with Crippen molar-refractivity contribution in [2.75, 3.05) is 18.0 Å². The molecule has 2 heterocycles. The van der Waals surface area contributed by atoms with E-state index in [2.05, 4.69) is 15.3 Å². The Morgan fingerprint density at radius 3 is 2.77 bits per heavy atom. The van der Waals surface area contributed by atoms with Crippen LogP contribution in [0.2, 0.25) is 0 Å². The molecule has 0 radical (unpaired) electrons. The fraction of sp³-hybridized carbons (Fsp3) is 0.375. The van der Waals surface area contributed by atoms with Gasteiger partial charge >= 0.3 is 0 Å². The van der Waals surface area contributed by atoms with Crippen molar-refractivity contribution >= 4 is 22.8 Å². The Morgan fingerprint density at radius 1 is 1.23 bits per heavy atom. The summed E-state index contributed by atoms with van der Waals surface area (Å²) < 4.78 is 5.65. The zero-order valence-electron chi connectivity index (χ0n) is 17.9. The maximum atomic E-state index is 12.8. The minimum Gasteiger partial charge on any atom is -0.491 e. The van der Waals surface area contributed by atoms with Gasteiger partial charge in [0.2, 0.25) is 5.91 Å². The maximum absolute atomic E-state index is 12.8. The number of para-hydroxylation sites is 2. The molecule has 3 aromatic rings. The zero-order chi connectivity index (χ0) is 21.8. The Morgan fingerprint density at radius 2 is 2.00 bits per heavy atom. The van der Waals surface area contributed by atoms with E-state index in [1.807, 2.05) is 67.3 Å². The van der Waals surface area contributed by atoms with E-state index < -0.39 is 0 Å². The lowest BCUT2D eigenvalue weighted by Crippen LogP contribution is -2.44. The van der Waals surface area contributed by atoms with Crippen molar-refractivity contribution < 1.29 is 9.53 Å². The number of piperidine rings is 1. The van der Waals surface area contributed by atoms with Crippen molar-refractivity contribution in [1.29, 1.82) is 0 Å². The van der Waals surface area contributed by atoms with E-state index in [4.69, 9.17) is 4.74 Å². The number of amides is 1. The molecule has 2 N–H and O–H groups in total. The van der Waals surface area contributed by atoms with E-state index >= 15 is 0 Å². The van der Waals surface area contributed by atoms with Crippen molar-refractivity contribution in [3.63, 3.8) is 0 Å². The first-order chi connectivity index (χ1) is 15.0. The van der Waals surface area contributed by atoms with Crippen LogP contribution in [-0.4, -0.2) is 35.1 Å². The number of ether oxygens (including phenoxy) is 1. The minimum atomic E-state index is -0.219. The first kappa shape index (κ1) is 20.9. The molecule has 0 unspecified atom stereocenters. The molecule has 31 heavy (non-hydrogen) atoms. The van der Waals surface area contributed by atoms with Gasteiger partial charge < -0.3 is 19.9 Å². The SMILES string of the molecule is CC(C)Oc1ccc(CNC(=O)[C@H]2CCCN(c3nc4ccccc4[nH]c3=O)C2)cc1. The summed E-state index contributed by atoms with van der Waals surface area (Å²) in [5.74, 6) is 1.03. The Bertz CT molecular complexity index is 1110. The number of fused-ring (bicyclic) bond motifs is 1. The van der Waals surface area contributed by atoms with E-state index in [1.165, 1.54) is 0 Å². The molecule has 0 aliphatic carbocycles. The first-order valence-electron chi connectivity index (χ1n) is 10.8. The largest absolute Gasteiger partial charge is 0.491 e. The molecular weight excluding hydrogens is 392 g/mol. The second kappa shape index (κ2) is 9.20. The monoisotopic (exact) mass is 420 g/mol. The van der Waals surface area contributed by atoms with Crippen LogP contribution in [0.3, 0.4) is 0 Å². The predicted molar refractivity (Wildman–Crippen MR) is 121 cm³/mol. The van der Waals surface area contributed by atoms with Crippen LogP contribution in [0.4, 0.5) is 5.82 Å². The molecule has 2 aromatic carbocycles. The number of aromatic nitrogens is 2. The van der Waals surface area contributed by atoms with Gasteiger partial charge in [-0.1, -0.05) is 24.3 Å². The normalized spacial score (nSPS) is 16.5. The lowest BCUT2D eigenvalue weighted by molar-refractivity contribution is -0.125. The van der Waals surface area contributed by atoms with Crippen LogP contribution in [0.5, 0.6) is 5.75 Å². The predicted octanol–water partition coefficient (Wildman–Crippen LogP) is 3.24. The van der Waals surface area contributed by atoms with Crippen LogP contribution >= 0.6 is 0 Å². The molecule has 1 aromatic heterocycles. The summed E-state index contributed by atoms with van der Waals surface area (Å²) in [6.07, 6.45) is 1.77. The highest BCUT2D eigenvalue weighted by Gasteiger charge is 2.27. The highest BCUT2D eigenvalue weighted by atomic mass is 16.5. The number of nitrogens with zero attached hydrogens (tertiary/aromatic N) is 2. The maximum Gasteiger partial charge on any atom is 0.291 e. The number of hydrogen-bond donors (Lipinski definition) is 2. The summed E-state index contributed by atoms with van der Waals surface area (Å²) >= 11 is 0. The van der Waals surface area contributed by atoms with Gasteiger partial charge in [-0.2, -0.15) is 0 Å². The number of H-pyrrole nitrogens is 1. The van der Waals surface area contributed by atoms with E-state index in [-0.39, 0.29) is 23.5 Å². The third-order valence-corrected chi connectivity index (χ3v) is 5.44. The Balaban J connectivity index is 1.39. The number of carbonyl (C=O) groups excluding carboxylic acids is 1. The first-order valence-corrected chi connectivity index (χ1v) is 10.8. The highest BCUT2D eigenvalue weighted by molar-refractivity contribution is 5.80. The molecule has 1 aliphatic rings. The van der Waals surface area contributed by atoms with E-state index in [1.54, 1.807) is 0 Å². The molecule has 0 saturated carbocycles. The molecule has 1 fully saturated rings. The number of rotatable bonds is 6. The Hall–Kier alpha value is -3.35. The summed E-state index contributed by atoms with van der Waals surface area (Å²) in [6, 6.07) is 15.2. The number of carbonyl (C=O) groups is 1. The molecule has 1 atom stereocenters. The topological polar surface area (TPSA) is 87.3 Å². The summed E-state index contributed by atoms with van der Waals surface area (Å²) in [7, 11) is 0. The third-order valence-electron chi connectivity index (χ3n) is 5.44. The number of aromatic amines is 1. The molecule has 7 nitrogen and oxygen atoms in total. The van der Waals surface area contributed by atoms with E-state index in [0.717, 1.165) is 36.2 Å². The molecule has 1 saturated heterocycles. The summed E-state index contributed by atoms with van der Waals surface area (Å²) in [4.78, 5) is 34.7. The van der Waals surface area contributed by atoms with Crippen molar-refractivity contribution in [2.45, 2.75) is 39.3 Å². The number of hydrogen-bond acceptors (Lipinski definition) is 5. The van der Waals surface area contributed by atoms with E-state index in [9.17, 15) is 9.59 Å².